The maximum atomic E-state index is 4.55. The second-order valence-corrected chi connectivity index (χ2v) is 7.05. The number of halogens is 1. The molecular formula is C13H20IN5S2. The number of guanidine groups is 1. The number of nitrogens with one attached hydrogen (secondary N) is 2. The fourth-order valence-electron chi connectivity index (χ4n) is 2.27. The molecule has 0 radical (unpaired) electrons. The molecule has 1 aliphatic rings. The van der Waals surface area contributed by atoms with E-state index in [4.69, 9.17) is 0 Å². The number of thiazole rings is 1. The summed E-state index contributed by atoms with van der Waals surface area (Å²) in [5.74, 6) is 2.15. The van der Waals surface area contributed by atoms with E-state index in [1.165, 1.54) is 18.6 Å². The quantitative estimate of drug-likeness (QED) is 0.439. The van der Waals surface area contributed by atoms with Gasteiger partial charge in [-0.25, -0.2) is 4.98 Å². The smallest absolute Gasteiger partial charge is 0.193 e. The van der Waals surface area contributed by atoms with Crippen molar-refractivity contribution in [3.63, 3.8) is 0 Å². The summed E-state index contributed by atoms with van der Waals surface area (Å²) in [4.78, 5) is 9.84. The maximum absolute atomic E-state index is 4.55. The van der Waals surface area contributed by atoms with Crippen LogP contribution in [0.3, 0.4) is 0 Å². The van der Waals surface area contributed by atoms with Crippen LogP contribution in [0.15, 0.2) is 22.8 Å². The van der Waals surface area contributed by atoms with Crippen LogP contribution in [0, 0.1) is 0 Å². The molecular weight excluding hydrogens is 417 g/mol. The Balaban J connectivity index is 0.00000161. The average Bonchev–Trinajstić information content (AvgIpc) is 3.15. The summed E-state index contributed by atoms with van der Waals surface area (Å²) in [6.45, 7) is 1.69. The number of aliphatic imine (C=N–C) groups is 1. The Hall–Kier alpha value is -0.480. The number of thioether (sulfide) groups is 1. The Labute approximate surface area is 150 Å². The topological polar surface area (TPSA) is 53.7 Å². The summed E-state index contributed by atoms with van der Waals surface area (Å²) >= 11 is 3.70. The molecule has 0 spiro atoms. The number of hydrogen-bond donors (Lipinski definition) is 2. The van der Waals surface area contributed by atoms with Gasteiger partial charge in [-0.05, 0) is 18.6 Å². The molecule has 2 aromatic heterocycles. The molecule has 1 atom stereocenters. The molecule has 1 aliphatic heterocycles. The first kappa shape index (κ1) is 16.9. The van der Waals surface area contributed by atoms with Gasteiger partial charge in [-0.2, -0.15) is 11.8 Å². The summed E-state index contributed by atoms with van der Waals surface area (Å²) < 4.78 is 2.05. The van der Waals surface area contributed by atoms with E-state index < -0.39 is 0 Å². The fourth-order valence-corrected chi connectivity index (χ4v) is 4.19. The lowest BCUT2D eigenvalue weighted by molar-refractivity contribution is 0.724. The predicted molar refractivity (Wildman–Crippen MR) is 102 cm³/mol. The van der Waals surface area contributed by atoms with Crippen LogP contribution in [-0.2, 0) is 6.54 Å². The fraction of sp³-hybridized carbons (Fsp3) is 0.538. The van der Waals surface area contributed by atoms with E-state index in [1.807, 2.05) is 23.0 Å². The van der Waals surface area contributed by atoms with Crippen LogP contribution in [0.1, 0.15) is 18.5 Å². The van der Waals surface area contributed by atoms with Crippen LogP contribution in [0.5, 0.6) is 0 Å². The Kier molecular flexibility index (Phi) is 6.62. The van der Waals surface area contributed by atoms with Gasteiger partial charge in [0.25, 0.3) is 0 Å². The van der Waals surface area contributed by atoms with Crippen molar-refractivity contribution >= 4 is 58.0 Å². The molecule has 0 aliphatic carbocycles. The molecule has 5 nitrogen and oxygen atoms in total. The van der Waals surface area contributed by atoms with Gasteiger partial charge in [0, 0.05) is 36.6 Å². The standard InChI is InChI=1S/C13H19N5S2.HI/c1-14-12(16-8-11-3-2-5-19-11)15-7-10-9-18-4-6-20-13(18)17-10;/h4,6,9,11H,2-3,5,7-8H2,1H3,(H2,14,15,16);1H. The highest BCUT2D eigenvalue weighted by Crippen LogP contribution is 2.25. The summed E-state index contributed by atoms with van der Waals surface area (Å²) in [5.41, 5.74) is 1.04. The highest BCUT2D eigenvalue weighted by molar-refractivity contribution is 14.0. The highest BCUT2D eigenvalue weighted by atomic mass is 127. The lowest BCUT2D eigenvalue weighted by atomic mass is 10.2. The molecule has 1 unspecified atom stereocenters. The summed E-state index contributed by atoms with van der Waals surface area (Å²) in [6, 6.07) is 0. The number of rotatable bonds is 4. The van der Waals surface area contributed by atoms with Crippen molar-refractivity contribution in [2.24, 2.45) is 4.99 Å². The molecule has 3 rings (SSSR count). The minimum atomic E-state index is 0. The molecule has 116 valence electrons. The average molecular weight is 437 g/mol. The van der Waals surface area contributed by atoms with Crippen molar-refractivity contribution in [1.82, 2.24) is 20.0 Å². The normalized spacial score (nSPS) is 18.7. The molecule has 2 N–H and O–H groups in total. The van der Waals surface area contributed by atoms with Crippen molar-refractivity contribution in [2.75, 3.05) is 19.3 Å². The van der Waals surface area contributed by atoms with Gasteiger partial charge in [0.15, 0.2) is 10.9 Å². The lowest BCUT2D eigenvalue weighted by Crippen LogP contribution is -2.39. The van der Waals surface area contributed by atoms with E-state index in [9.17, 15) is 0 Å². The summed E-state index contributed by atoms with van der Waals surface area (Å²) in [5, 5.41) is 9.48. The molecule has 0 amide bonds. The van der Waals surface area contributed by atoms with Gasteiger partial charge in [0.2, 0.25) is 0 Å². The van der Waals surface area contributed by atoms with Crippen molar-refractivity contribution in [1.29, 1.82) is 0 Å². The Morgan fingerprint density at radius 3 is 3.14 bits per heavy atom. The first-order chi connectivity index (χ1) is 9.85. The molecule has 8 heteroatoms. The molecule has 3 heterocycles. The van der Waals surface area contributed by atoms with Crippen LogP contribution in [0.25, 0.3) is 4.96 Å². The van der Waals surface area contributed by atoms with Gasteiger partial charge >= 0.3 is 0 Å². The van der Waals surface area contributed by atoms with Gasteiger partial charge < -0.3 is 10.6 Å². The molecule has 0 saturated carbocycles. The molecule has 2 aromatic rings. The first-order valence-corrected chi connectivity index (χ1v) is 8.75. The van der Waals surface area contributed by atoms with Crippen molar-refractivity contribution < 1.29 is 0 Å². The van der Waals surface area contributed by atoms with Crippen LogP contribution >= 0.6 is 47.1 Å². The Morgan fingerprint density at radius 2 is 2.43 bits per heavy atom. The van der Waals surface area contributed by atoms with Gasteiger partial charge in [0.05, 0.1) is 12.2 Å². The second kappa shape index (κ2) is 8.23. The molecule has 0 aromatic carbocycles. The predicted octanol–water partition coefficient (Wildman–Crippen LogP) is 2.57. The number of imidazole rings is 1. The van der Waals surface area contributed by atoms with E-state index in [2.05, 4.69) is 38.6 Å². The third-order valence-electron chi connectivity index (χ3n) is 3.32. The third kappa shape index (κ3) is 4.49. The van der Waals surface area contributed by atoms with Crippen LogP contribution < -0.4 is 10.6 Å². The number of aromatic nitrogens is 2. The zero-order chi connectivity index (χ0) is 13.8. The van der Waals surface area contributed by atoms with E-state index in [0.29, 0.717) is 6.54 Å². The zero-order valence-electron chi connectivity index (χ0n) is 11.9. The minimum absolute atomic E-state index is 0. The number of fused-ring (bicyclic) bond motifs is 1. The van der Waals surface area contributed by atoms with Gasteiger partial charge in [0.1, 0.15) is 0 Å². The van der Waals surface area contributed by atoms with Crippen LogP contribution in [0.2, 0.25) is 0 Å². The minimum Gasteiger partial charge on any atom is -0.355 e. The van der Waals surface area contributed by atoms with E-state index in [0.717, 1.165) is 28.4 Å². The highest BCUT2D eigenvalue weighted by Gasteiger charge is 2.15. The third-order valence-corrected chi connectivity index (χ3v) is 5.49. The summed E-state index contributed by atoms with van der Waals surface area (Å²) in [7, 11) is 1.81. The molecule has 1 fully saturated rings. The number of hydrogen-bond acceptors (Lipinski definition) is 4. The monoisotopic (exact) mass is 437 g/mol. The molecule has 0 bridgehead atoms. The van der Waals surface area contributed by atoms with Gasteiger partial charge in [-0.3, -0.25) is 9.39 Å². The molecule has 1 saturated heterocycles. The summed E-state index contributed by atoms with van der Waals surface area (Å²) in [6.07, 6.45) is 6.74. The molecule has 21 heavy (non-hydrogen) atoms. The first-order valence-electron chi connectivity index (χ1n) is 6.82. The zero-order valence-corrected chi connectivity index (χ0v) is 15.9. The van der Waals surface area contributed by atoms with Gasteiger partial charge in [-0.1, -0.05) is 0 Å². The van der Waals surface area contributed by atoms with Crippen LogP contribution in [0.4, 0.5) is 0 Å². The second-order valence-electron chi connectivity index (χ2n) is 4.77. The SMILES string of the molecule is CN=C(NCc1cn2ccsc2n1)NCC1CCCS1.I. The van der Waals surface area contributed by atoms with Crippen molar-refractivity contribution in [2.45, 2.75) is 24.6 Å². The van der Waals surface area contributed by atoms with E-state index in [-0.39, 0.29) is 24.0 Å². The van der Waals surface area contributed by atoms with Crippen molar-refractivity contribution in [3.8, 4) is 0 Å². The Bertz CT molecular complexity index is 560. The largest absolute Gasteiger partial charge is 0.355 e. The van der Waals surface area contributed by atoms with E-state index in [1.54, 1.807) is 11.3 Å². The Morgan fingerprint density at radius 1 is 1.52 bits per heavy atom. The van der Waals surface area contributed by atoms with Crippen LogP contribution in [-0.4, -0.2) is 39.9 Å². The van der Waals surface area contributed by atoms with E-state index >= 15 is 0 Å². The van der Waals surface area contributed by atoms with Gasteiger partial charge in [-0.15, -0.1) is 35.3 Å². The van der Waals surface area contributed by atoms with Crippen molar-refractivity contribution in [3.05, 3.63) is 23.5 Å². The number of nitrogens with zero attached hydrogens (tertiary/aromatic N) is 3. The maximum Gasteiger partial charge on any atom is 0.193 e. The lowest BCUT2D eigenvalue weighted by Gasteiger charge is -2.14.